The molecule has 0 amide bonds. The minimum Gasteiger partial charge on any atom is -0.330 e. The normalized spacial score (nSPS) is 10.7. The summed E-state index contributed by atoms with van der Waals surface area (Å²) in [6.45, 7) is 2.42. The van der Waals surface area contributed by atoms with Crippen molar-refractivity contribution in [1.82, 2.24) is 9.55 Å². The van der Waals surface area contributed by atoms with E-state index in [1.165, 1.54) is 12.1 Å². The van der Waals surface area contributed by atoms with Crippen molar-refractivity contribution < 1.29 is 4.39 Å². The summed E-state index contributed by atoms with van der Waals surface area (Å²) in [5.41, 5.74) is 8.19. The van der Waals surface area contributed by atoms with Crippen LogP contribution in [0, 0.1) is 12.7 Å². The van der Waals surface area contributed by atoms with Gasteiger partial charge in [-0.05, 0) is 37.2 Å². The van der Waals surface area contributed by atoms with Gasteiger partial charge in [0.15, 0.2) is 0 Å². The summed E-state index contributed by atoms with van der Waals surface area (Å²) < 4.78 is 15.1. The van der Waals surface area contributed by atoms with E-state index in [1.54, 1.807) is 12.5 Å². The highest BCUT2D eigenvalue weighted by Gasteiger charge is 2.05. The molecule has 3 nitrogen and oxygen atoms in total. The summed E-state index contributed by atoms with van der Waals surface area (Å²) in [4.78, 5) is 4.06. The third kappa shape index (κ3) is 2.12. The molecule has 0 aliphatic heterocycles. The second-order valence-electron chi connectivity index (χ2n) is 3.78. The first-order valence-electron chi connectivity index (χ1n) is 5.19. The lowest BCUT2D eigenvalue weighted by molar-refractivity contribution is 0.625. The zero-order chi connectivity index (χ0) is 11.5. The van der Waals surface area contributed by atoms with E-state index in [-0.39, 0.29) is 5.82 Å². The maximum atomic E-state index is 13.3. The number of halogens is 1. The Hall–Kier alpha value is -1.68. The predicted molar refractivity (Wildman–Crippen MR) is 61.0 cm³/mol. The molecule has 0 bridgehead atoms. The monoisotopic (exact) mass is 219 g/mol. The molecule has 1 aromatic carbocycles. The SMILES string of the molecule is Cc1cc(F)cc(-n2cncc2CCN)c1. The Morgan fingerprint density at radius 3 is 2.88 bits per heavy atom. The van der Waals surface area contributed by atoms with Crippen LogP contribution in [-0.2, 0) is 6.42 Å². The van der Waals surface area contributed by atoms with E-state index in [4.69, 9.17) is 5.73 Å². The molecular weight excluding hydrogens is 205 g/mol. The van der Waals surface area contributed by atoms with Crippen LogP contribution in [0.25, 0.3) is 5.69 Å². The Labute approximate surface area is 93.7 Å². The lowest BCUT2D eigenvalue weighted by Gasteiger charge is -2.08. The molecule has 1 aromatic heterocycles. The van der Waals surface area contributed by atoms with E-state index in [0.717, 1.165) is 23.4 Å². The van der Waals surface area contributed by atoms with Gasteiger partial charge in [0.25, 0.3) is 0 Å². The quantitative estimate of drug-likeness (QED) is 0.855. The molecule has 0 aliphatic carbocycles. The van der Waals surface area contributed by atoms with Gasteiger partial charge in [0, 0.05) is 24.0 Å². The van der Waals surface area contributed by atoms with Crippen molar-refractivity contribution in [3.63, 3.8) is 0 Å². The molecule has 0 unspecified atom stereocenters. The van der Waals surface area contributed by atoms with E-state index in [0.29, 0.717) is 6.54 Å². The average Bonchev–Trinajstić information content (AvgIpc) is 2.65. The number of aromatic nitrogens is 2. The van der Waals surface area contributed by atoms with E-state index >= 15 is 0 Å². The predicted octanol–water partition coefficient (Wildman–Crippen LogP) is 1.82. The first-order chi connectivity index (χ1) is 7.70. The standard InChI is InChI=1S/C12H14FN3/c1-9-4-10(13)6-12(5-9)16-8-15-7-11(16)2-3-14/h4-8H,2-3,14H2,1H3. The second-order valence-corrected chi connectivity index (χ2v) is 3.78. The van der Waals surface area contributed by atoms with Crippen LogP contribution in [-0.4, -0.2) is 16.1 Å². The fourth-order valence-electron chi connectivity index (χ4n) is 1.74. The number of hydrogen-bond acceptors (Lipinski definition) is 2. The maximum absolute atomic E-state index is 13.3. The molecule has 2 N–H and O–H groups in total. The van der Waals surface area contributed by atoms with Gasteiger partial charge in [-0.3, -0.25) is 0 Å². The third-order valence-electron chi connectivity index (χ3n) is 2.42. The summed E-state index contributed by atoms with van der Waals surface area (Å²) in [6, 6.07) is 4.92. The summed E-state index contributed by atoms with van der Waals surface area (Å²) >= 11 is 0. The van der Waals surface area contributed by atoms with E-state index < -0.39 is 0 Å². The van der Waals surface area contributed by atoms with E-state index in [9.17, 15) is 4.39 Å². The molecule has 84 valence electrons. The fraction of sp³-hybridized carbons (Fsp3) is 0.250. The fourth-order valence-corrected chi connectivity index (χ4v) is 1.74. The highest BCUT2D eigenvalue weighted by molar-refractivity contribution is 5.37. The Morgan fingerprint density at radius 2 is 2.19 bits per heavy atom. The van der Waals surface area contributed by atoms with Crippen LogP contribution >= 0.6 is 0 Å². The molecule has 0 saturated carbocycles. The first kappa shape index (κ1) is 10.8. The van der Waals surface area contributed by atoms with Gasteiger partial charge in [0.1, 0.15) is 5.82 Å². The minimum atomic E-state index is -0.234. The zero-order valence-corrected chi connectivity index (χ0v) is 9.15. The van der Waals surface area contributed by atoms with Crippen LogP contribution < -0.4 is 5.73 Å². The van der Waals surface area contributed by atoms with Crippen LogP contribution in [0.3, 0.4) is 0 Å². The summed E-state index contributed by atoms with van der Waals surface area (Å²) in [6.07, 6.45) is 4.17. The van der Waals surface area contributed by atoms with Crippen LogP contribution in [0.15, 0.2) is 30.7 Å². The lowest BCUT2D eigenvalue weighted by Crippen LogP contribution is -2.07. The lowest BCUT2D eigenvalue weighted by atomic mass is 10.2. The minimum absolute atomic E-state index is 0.234. The van der Waals surface area contributed by atoms with E-state index in [1.807, 2.05) is 17.6 Å². The van der Waals surface area contributed by atoms with Gasteiger partial charge in [-0.2, -0.15) is 0 Å². The Balaban J connectivity index is 2.45. The summed E-state index contributed by atoms with van der Waals surface area (Å²) in [7, 11) is 0. The van der Waals surface area contributed by atoms with Crippen molar-refractivity contribution in [1.29, 1.82) is 0 Å². The summed E-state index contributed by atoms with van der Waals surface area (Å²) in [5.74, 6) is -0.234. The molecule has 0 saturated heterocycles. The molecule has 16 heavy (non-hydrogen) atoms. The smallest absolute Gasteiger partial charge is 0.125 e. The molecule has 1 heterocycles. The molecular formula is C12H14FN3. The number of aryl methyl sites for hydroxylation is 1. The van der Waals surface area contributed by atoms with Gasteiger partial charge in [-0.15, -0.1) is 0 Å². The molecule has 2 rings (SSSR count). The largest absolute Gasteiger partial charge is 0.330 e. The average molecular weight is 219 g/mol. The highest BCUT2D eigenvalue weighted by Crippen LogP contribution is 2.15. The van der Waals surface area contributed by atoms with Gasteiger partial charge in [-0.25, -0.2) is 9.37 Å². The number of benzene rings is 1. The molecule has 0 atom stereocenters. The Morgan fingerprint density at radius 1 is 1.38 bits per heavy atom. The van der Waals surface area contributed by atoms with Crippen molar-refractivity contribution in [3.05, 3.63) is 47.8 Å². The van der Waals surface area contributed by atoms with Crippen LogP contribution in [0.1, 0.15) is 11.3 Å². The van der Waals surface area contributed by atoms with Gasteiger partial charge < -0.3 is 10.3 Å². The van der Waals surface area contributed by atoms with Crippen molar-refractivity contribution >= 4 is 0 Å². The number of imidazole rings is 1. The molecule has 4 heteroatoms. The number of rotatable bonds is 3. The number of hydrogen-bond donors (Lipinski definition) is 1. The molecule has 0 spiro atoms. The summed E-state index contributed by atoms with van der Waals surface area (Å²) in [5, 5.41) is 0. The molecule has 2 aromatic rings. The number of nitrogens with zero attached hydrogens (tertiary/aromatic N) is 2. The molecule has 0 aliphatic rings. The van der Waals surface area contributed by atoms with Gasteiger partial charge >= 0.3 is 0 Å². The zero-order valence-electron chi connectivity index (χ0n) is 9.15. The molecule has 0 fully saturated rings. The van der Waals surface area contributed by atoms with Crippen LogP contribution in [0.4, 0.5) is 4.39 Å². The molecule has 0 radical (unpaired) electrons. The topological polar surface area (TPSA) is 43.8 Å². The first-order valence-corrected chi connectivity index (χ1v) is 5.19. The Kier molecular flexibility index (Phi) is 3.01. The van der Waals surface area contributed by atoms with Crippen molar-refractivity contribution in [3.8, 4) is 5.69 Å². The third-order valence-corrected chi connectivity index (χ3v) is 2.42. The second kappa shape index (κ2) is 4.45. The Bertz CT molecular complexity index is 471. The van der Waals surface area contributed by atoms with Gasteiger partial charge in [-0.1, -0.05) is 0 Å². The van der Waals surface area contributed by atoms with Crippen molar-refractivity contribution in [2.75, 3.05) is 6.54 Å². The van der Waals surface area contributed by atoms with Gasteiger partial charge in [0.05, 0.1) is 6.33 Å². The number of nitrogens with two attached hydrogens (primary N) is 1. The van der Waals surface area contributed by atoms with Crippen molar-refractivity contribution in [2.24, 2.45) is 5.73 Å². The van der Waals surface area contributed by atoms with Crippen LogP contribution in [0.5, 0.6) is 0 Å². The van der Waals surface area contributed by atoms with Gasteiger partial charge in [0.2, 0.25) is 0 Å². The van der Waals surface area contributed by atoms with Crippen LogP contribution in [0.2, 0.25) is 0 Å². The van der Waals surface area contributed by atoms with E-state index in [2.05, 4.69) is 4.98 Å². The maximum Gasteiger partial charge on any atom is 0.125 e. The highest BCUT2D eigenvalue weighted by atomic mass is 19.1. The van der Waals surface area contributed by atoms with Crippen molar-refractivity contribution in [2.45, 2.75) is 13.3 Å².